The maximum absolute atomic E-state index is 5.02. The van der Waals surface area contributed by atoms with Crippen LogP contribution in [0.5, 0.6) is 0 Å². The van der Waals surface area contributed by atoms with Crippen LogP contribution in [0.15, 0.2) is 12.5 Å². The van der Waals surface area contributed by atoms with E-state index < -0.39 is 0 Å². The van der Waals surface area contributed by atoms with Gasteiger partial charge in [0.25, 0.3) is 0 Å². The molecule has 1 N–H and O–H groups in total. The largest absolute Gasteiger partial charge is 0.383 e. The van der Waals surface area contributed by atoms with Crippen LogP contribution >= 0.6 is 0 Å². The highest BCUT2D eigenvalue weighted by atomic mass is 16.5. The van der Waals surface area contributed by atoms with Crippen molar-refractivity contribution in [3.63, 3.8) is 0 Å². The number of aromatic nitrogens is 5. The van der Waals surface area contributed by atoms with Gasteiger partial charge in [0.1, 0.15) is 18.7 Å². The Morgan fingerprint density at radius 2 is 2.19 bits per heavy atom. The minimum absolute atomic E-state index is 0.300. The van der Waals surface area contributed by atoms with E-state index >= 15 is 0 Å². The zero-order valence-electron chi connectivity index (χ0n) is 13.2. The molecule has 2 rings (SSSR count). The van der Waals surface area contributed by atoms with E-state index in [0.29, 0.717) is 19.2 Å². The first-order chi connectivity index (χ1) is 10.1. The lowest BCUT2D eigenvalue weighted by atomic mass is 10.2. The average Bonchev–Trinajstić information content (AvgIpc) is 3.02. The number of aryl methyl sites for hydroxylation is 1. The van der Waals surface area contributed by atoms with Crippen LogP contribution in [-0.2, 0) is 17.8 Å². The van der Waals surface area contributed by atoms with Crippen LogP contribution in [0, 0.1) is 6.92 Å². The third-order valence-electron chi connectivity index (χ3n) is 3.29. The fourth-order valence-corrected chi connectivity index (χ4v) is 2.17. The molecule has 0 atom stereocenters. The van der Waals surface area contributed by atoms with E-state index in [0.717, 1.165) is 24.6 Å². The second-order valence-electron chi connectivity index (χ2n) is 5.32. The number of hydrogen-bond donors (Lipinski definition) is 1. The van der Waals surface area contributed by atoms with Gasteiger partial charge in [-0.25, -0.2) is 9.67 Å². The van der Waals surface area contributed by atoms with Gasteiger partial charge in [-0.05, 0) is 20.8 Å². The Balaban J connectivity index is 1.99. The summed E-state index contributed by atoms with van der Waals surface area (Å²) in [4.78, 5) is 4.32. The van der Waals surface area contributed by atoms with Gasteiger partial charge in [0.05, 0.1) is 12.3 Å². The summed E-state index contributed by atoms with van der Waals surface area (Å²) in [6, 6.07) is 0.300. The summed E-state index contributed by atoms with van der Waals surface area (Å²) < 4.78 is 8.87. The Labute approximate surface area is 125 Å². The number of hydrogen-bond acceptors (Lipinski definition) is 5. The highest BCUT2D eigenvalue weighted by Gasteiger charge is 2.10. The van der Waals surface area contributed by atoms with Crippen molar-refractivity contribution in [2.75, 3.05) is 20.3 Å². The van der Waals surface area contributed by atoms with Gasteiger partial charge in [-0.1, -0.05) is 0 Å². The predicted octanol–water partition coefficient (Wildman–Crippen LogP) is 1.15. The number of nitrogens with one attached hydrogen (secondary N) is 1. The summed E-state index contributed by atoms with van der Waals surface area (Å²) in [6.07, 6.45) is 3.66. The molecule has 2 aromatic heterocycles. The maximum Gasteiger partial charge on any atom is 0.148 e. The molecule has 7 nitrogen and oxygen atoms in total. The third-order valence-corrected chi connectivity index (χ3v) is 3.29. The second kappa shape index (κ2) is 7.33. The lowest BCUT2D eigenvalue weighted by molar-refractivity contribution is 0.199. The van der Waals surface area contributed by atoms with Crippen molar-refractivity contribution in [1.29, 1.82) is 0 Å². The molecule has 0 radical (unpaired) electrons. The summed E-state index contributed by atoms with van der Waals surface area (Å²) in [5.41, 5.74) is 2.23. The molecule has 0 aliphatic heterocycles. The van der Waals surface area contributed by atoms with Crippen LogP contribution in [-0.4, -0.2) is 44.8 Å². The molecule has 0 amide bonds. The Morgan fingerprint density at radius 1 is 1.38 bits per heavy atom. The molecule has 2 heterocycles. The lowest BCUT2D eigenvalue weighted by Gasteiger charge is -2.09. The summed E-state index contributed by atoms with van der Waals surface area (Å²) in [5, 5.41) is 12.1. The smallest absolute Gasteiger partial charge is 0.148 e. The average molecular weight is 292 g/mol. The molecule has 0 aliphatic carbocycles. The topological polar surface area (TPSA) is 69.8 Å². The fourth-order valence-electron chi connectivity index (χ4n) is 2.17. The molecular weight excluding hydrogens is 268 g/mol. The Kier molecular flexibility index (Phi) is 5.46. The number of methoxy groups -OCH3 is 1. The van der Waals surface area contributed by atoms with E-state index in [1.807, 2.05) is 16.3 Å². The summed E-state index contributed by atoms with van der Waals surface area (Å²) >= 11 is 0. The summed E-state index contributed by atoms with van der Waals surface area (Å²) in [6.45, 7) is 9.20. The standard InChI is InChI=1S/C14H24N6O/c1-11(2)20-14(16-10-17-20)9-19-8-13(12(3)18-19)7-15-5-6-21-4/h8,10-11,15H,5-7,9H2,1-4H3. The molecule has 0 spiro atoms. The minimum Gasteiger partial charge on any atom is -0.383 e. The fraction of sp³-hybridized carbons (Fsp3) is 0.643. The second-order valence-corrected chi connectivity index (χ2v) is 5.32. The first kappa shape index (κ1) is 15.7. The first-order valence-corrected chi connectivity index (χ1v) is 7.22. The number of rotatable bonds is 8. The van der Waals surface area contributed by atoms with Crippen molar-refractivity contribution in [3.8, 4) is 0 Å². The van der Waals surface area contributed by atoms with Gasteiger partial charge >= 0.3 is 0 Å². The molecule has 0 aliphatic rings. The van der Waals surface area contributed by atoms with Gasteiger partial charge in [0.15, 0.2) is 0 Å². The van der Waals surface area contributed by atoms with E-state index in [-0.39, 0.29) is 0 Å². The lowest BCUT2D eigenvalue weighted by Crippen LogP contribution is -2.18. The van der Waals surface area contributed by atoms with Gasteiger partial charge in [0, 0.05) is 38.0 Å². The minimum atomic E-state index is 0.300. The van der Waals surface area contributed by atoms with Crippen molar-refractivity contribution < 1.29 is 4.74 Å². The summed E-state index contributed by atoms with van der Waals surface area (Å²) in [7, 11) is 1.70. The molecule has 7 heteroatoms. The zero-order valence-corrected chi connectivity index (χ0v) is 13.2. The first-order valence-electron chi connectivity index (χ1n) is 7.22. The van der Waals surface area contributed by atoms with Crippen LogP contribution in [0.2, 0.25) is 0 Å². The highest BCUT2D eigenvalue weighted by molar-refractivity contribution is 5.15. The van der Waals surface area contributed by atoms with Gasteiger partial charge in [-0.3, -0.25) is 4.68 Å². The summed E-state index contributed by atoms with van der Waals surface area (Å²) in [5.74, 6) is 0.923. The van der Waals surface area contributed by atoms with Crippen LogP contribution < -0.4 is 5.32 Å². The van der Waals surface area contributed by atoms with Crippen LogP contribution in [0.3, 0.4) is 0 Å². The molecule has 2 aromatic rings. The van der Waals surface area contributed by atoms with Crippen molar-refractivity contribution >= 4 is 0 Å². The predicted molar refractivity (Wildman–Crippen MR) is 80.1 cm³/mol. The number of nitrogens with zero attached hydrogens (tertiary/aromatic N) is 5. The van der Waals surface area contributed by atoms with Gasteiger partial charge in [-0.15, -0.1) is 0 Å². The molecule has 0 bridgehead atoms. The monoisotopic (exact) mass is 292 g/mol. The molecule has 116 valence electrons. The highest BCUT2D eigenvalue weighted by Crippen LogP contribution is 2.09. The molecule has 21 heavy (non-hydrogen) atoms. The number of ether oxygens (including phenoxy) is 1. The Bertz CT molecular complexity index is 560. The van der Waals surface area contributed by atoms with Crippen LogP contribution in [0.25, 0.3) is 0 Å². The zero-order chi connectivity index (χ0) is 15.2. The Hall–Kier alpha value is -1.73. The van der Waals surface area contributed by atoms with E-state index in [9.17, 15) is 0 Å². The quantitative estimate of drug-likeness (QED) is 0.739. The Morgan fingerprint density at radius 3 is 2.90 bits per heavy atom. The van der Waals surface area contributed by atoms with Crippen LogP contribution in [0.4, 0.5) is 0 Å². The molecule has 0 saturated carbocycles. The van der Waals surface area contributed by atoms with Crippen LogP contribution in [0.1, 0.15) is 37.0 Å². The maximum atomic E-state index is 5.02. The molecule has 0 aromatic carbocycles. The van der Waals surface area contributed by atoms with Crippen molar-refractivity contribution in [2.45, 2.75) is 39.9 Å². The molecule has 0 saturated heterocycles. The van der Waals surface area contributed by atoms with E-state index in [1.54, 1.807) is 13.4 Å². The van der Waals surface area contributed by atoms with Crippen molar-refractivity contribution in [3.05, 3.63) is 29.6 Å². The van der Waals surface area contributed by atoms with Gasteiger partial charge in [-0.2, -0.15) is 10.2 Å². The van der Waals surface area contributed by atoms with Gasteiger partial charge < -0.3 is 10.1 Å². The van der Waals surface area contributed by atoms with Gasteiger partial charge in [0.2, 0.25) is 0 Å². The third kappa shape index (κ3) is 4.12. The van der Waals surface area contributed by atoms with E-state index in [2.05, 4.69) is 40.5 Å². The normalized spacial score (nSPS) is 11.5. The SMILES string of the molecule is COCCNCc1cn(Cc2ncnn2C(C)C)nc1C. The van der Waals surface area contributed by atoms with Crippen molar-refractivity contribution in [1.82, 2.24) is 29.9 Å². The molecule has 0 fully saturated rings. The molecular formula is C14H24N6O. The van der Waals surface area contributed by atoms with E-state index in [1.165, 1.54) is 5.56 Å². The van der Waals surface area contributed by atoms with Crippen molar-refractivity contribution in [2.24, 2.45) is 0 Å². The van der Waals surface area contributed by atoms with E-state index in [4.69, 9.17) is 4.74 Å². The molecule has 0 unspecified atom stereocenters.